The van der Waals surface area contributed by atoms with Gasteiger partial charge in [-0.2, -0.15) is 0 Å². The van der Waals surface area contributed by atoms with Gasteiger partial charge in [0, 0.05) is 0 Å². The van der Waals surface area contributed by atoms with Crippen LogP contribution in [0.4, 0.5) is 0 Å². The highest BCUT2D eigenvalue weighted by molar-refractivity contribution is 6.44. The Morgan fingerprint density at radius 3 is 2.77 bits per heavy atom. The maximum absolute atomic E-state index is 12.2. The van der Waals surface area contributed by atoms with Gasteiger partial charge in [-0.3, -0.25) is 14.4 Å². The van der Waals surface area contributed by atoms with Crippen molar-refractivity contribution in [2.24, 2.45) is 5.16 Å². The zero-order valence-electron chi connectivity index (χ0n) is 12.0. The summed E-state index contributed by atoms with van der Waals surface area (Å²) in [6.45, 7) is 1.25. The summed E-state index contributed by atoms with van der Waals surface area (Å²) in [5.41, 5.74) is -0.107. The summed E-state index contributed by atoms with van der Waals surface area (Å²) in [4.78, 5) is 40.5. The highest BCUT2D eigenvalue weighted by atomic mass is 16.6. The van der Waals surface area contributed by atoms with Gasteiger partial charge in [0.15, 0.2) is 5.76 Å². The normalized spacial score (nSPS) is 21.3. The summed E-state index contributed by atoms with van der Waals surface area (Å²) in [5.74, 6) is -2.01. The molecule has 1 aromatic rings. The smallest absolute Gasteiger partial charge is 0.323 e. The lowest BCUT2D eigenvalue weighted by atomic mass is 9.96. The fraction of sp³-hybridized carbons (Fsp3) is 0.385. The molecule has 2 rings (SSSR count). The van der Waals surface area contributed by atoms with E-state index in [2.05, 4.69) is 15.3 Å². The van der Waals surface area contributed by atoms with E-state index >= 15 is 0 Å². The molecule has 9 nitrogen and oxygen atoms in total. The van der Waals surface area contributed by atoms with E-state index in [1.807, 2.05) is 0 Å². The molecule has 1 saturated heterocycles. The maximum Gasteiger partial charge on any atom is 0.323 e. The van der Waals surface area contributed by atoms with Crippen molar-refractivity contribution in [3.63, 3.8) is 0 Å². The second-order valence-corrected chi connectivity index (χ2v) is 4.65. The van der Waals surface area contributed by atoms with E-state index in [1.54, 1.807) is 13.0 Å². The number of amides is 2. The van der Waals surface area contributed by atoms with Gasteiger partial charge in [-0.1, -0.05) is 5.16 Å². The van der Waals surface area contributed by atoms with Crippen molar-refractivity contribution in [3.05, 3.63) is 24.2 Å². The van der Waals surface area contributed by atoms with E-state index in [4.69, 9.17) is 9.52 Å². The predicted molar refractivity (Wildman–Crippen MR) is 73.0 cm³/mol. The third-order valence-electron chi connectivity index (χ3n) is 3.27. The number of carbonyl (C=O) groups excluding carboxylic acids is 2. The Hall–Kier alpha value is -2.84. The molecular formula is C13H15N3O6. The van der Waals surface area contributed by atoms with Crippen LogP contribution in [-0.4, -0.2) is 59.2 Å². The number of β-lactam (4-membered cyclic amide) rings is 1. The van der Waals surface area contributed by atoms with Crippen molar-refractivity contribution in [2.45, 2.75) is 19.0 Å². The van der Waals surface area contributed by atoms with Crippen LogP contribution in [0.1, 0.15) is 12.7 Å². The van der Waals surface area contributed by atoms with Gasteiger partial charge in [0.1, 0.15) is 19.7 Å². The van der Waals surface area contributed by atoms with Crippen LogP contribution in [0.25, 0.3) is 0 Å². The minimum Gasteiger partial charge on any atom is -0.480 e. The molecule has 0 aliphatic carbocycles. The first kappa shape index (κ1) is 15.5. The van der Waals surface area contributed by atoms with Crippen molar-refractivity contribution in [1.29, 1.82) is 0 Å². The molecule has 1 aliphatic rings. The number of hydrogen-bond acceptors (Lipinski definition) is 6. The summed E-state index contributed by atoms with van der Waals surface area (Å²) >= 11 is 0. The second-order valence-electron chi connectivity index (χ2n) is 4.65. The van der Waals surface area contributed by atoms with Gasteiger partial charge in [-0.25, -0.2) is 0 Å². The summed E-state index contributed by atoms with van der Waals surface area (Å²) in [7, 11) is 1.28. The van der Waals surface area contributed by atoms with Crippen LogP contribution in [0, 0.1) is 0 Å². The number of rotatable bonds is 6. The Morgan fingerprint density at radius 1 is 1.55 bits per heavy atom. The number of hydrogen-bond donors (Lipinski definition) is 2. The van der Waals surface area contributed by atoms with Gasteiger partial charge in [0.2, 0.25) is 11.6 Å². The molecule has 118 valence electrons. The van der Waals surface area contributed by atoms with Gasteiger partial charge in [-0.15, -0.1) is 0 Å². The largest absolute Gasteiger partial charge is 0.480 e. The van der Waals surface area contributed by atoms with E-state index < -0.39 is 36.4 Å². The molecule has 0 aromatic carbocycles. The van der Waals surface area contributed by atoms with E-state index in [9.17, 15) is 14.4 Å². The summed E-state index contributed by atoms with van der Waals surface area (Å²) < 4.78 is 5.09. The minimum absolute atomic E-state index is 0.107. The lowest BCUT2D eigenvalue weighted by Crippen LogP contribution is -2.70. The molecule has 1 aromatic heterocycles. The van der Waals surface area contributed by atoms with Gasteiger partial charge in [0.25, 0.3) is 5.91 Å². The van der Waals surface area contributed by atoms with Crippen LogP contribution in [0.15, 0.2) is 28.0 Å². The Kier molecular flexibility index (Phi) is 4.44. The van der Waals surface area contributed by atoms with E-state index in [-0.39, 0.29) is 11.5 Å². The first-order valence-corrected chi connectivity index (χ1v) is 6.44. The van der Waals surface area contributed by atoms with Gasteiger partial charge >= 0.3 is 5.97 Å². The van der Waals surface area contributed by atoms with Gasteiger partial charge in [-0.05, 0) is 19.1 Å². The number of oxime groups is 1. The van der Waals surface area contributed by atoms with Crippen molar-refractivity contribution in [1.82, 2.24) is 10.2 Å². The fourth-order valence-corrected chi connectivity index (χ4v) is 2.15. The highest BCUT2D eigenvalue weighted by Crippen LogP contribution is 2.19. The molecule has 1 aliphatic heterocycles. The number of aliphatic carboxylic acids is 1. The summed E-state index contributed by atoms with van der Waals surface area (Å²) in [6.07, 6.45) is 1.37. The van der Waals surface area contributed by atoms with Crippen molar-refractivity contribution in [2.75, 3.05) is 13.7 Å². The van der Waals surface area contributed by atoms with Crippen LogP contribution < -0.4 is 5.32 Å². The summed E-state index contributed by atoms with van der Waals surface area (Å²) in [6, 6.07) is 1.89. The molecule has 0 radical (unpaired) electrons. The predicted octanol–water partition coefficient (Wildman–Crippen LogP) is -0.570. The van der Waals surface area contributed by atoms with Crippen molar-refractivity contribution >= 4 is 23.5 Å². The Bertz CT molecular complexity index is 609. The number of carboxylic acid groups (broad SMARTS) is 1. The lowest BCUT2D eigenvalue weighted by Gasteiger charge is -2.44. The van der Waals surface area contributed by atoms with Crippen LogP contribution in [0.3, 0.4) is 0 Å². The maximum atomic E-state index is 12.2. The zero-order chi connectivity index (χ0) is 16.3. The van der Waals surface area contributed by atoms with Gasteiger partial charge in [0.05, 0.1) is 12.3 Å². The second kappa shape index (κ2) is 6.29. The molecule has 0 bridgehead atoms. The van der Waals surface area contributed by atoms with E-state index in [0.717, 1.165) is 4.90 Å². The van der Waals surface area contributed by atoms with Crippen molar-refractivity contribution < 1.29 is 28.7 Å². The number of nitrogens with one attached hydrogen (secondary N) is 1. The first-order valence-electron chi connectivity index (χ1n) is 6.44. The molecule has 2 heterocycles. The molecule has 0 saturated carbocycles. The van der Waals surface area contributed by atoms with E-state index in [1.165, 1.54) is 19.4 Å². The topological polar surface area (TPSA) is 121 Å². The Labute approximate surface area is 125 Å². The molecule has 2 amide bonds. The third kappa shape index (κ3) is 2.92. The lowest BCUT2D eigenvalue weighted by molar-refractivity contribution is -0.158. The number of likely N-dealkylation sites (tertiary alicyclic amines) is 1. The van der Waals surface area contributed by atoms with Crippen LogP contribution in [0.2, 0.25) is 0 Å². The first-order chi connectivity index (χ1) is 10.5. The minimum atomic E-state index is -1.11. The molecule has 9 heteroatoms. The SMILES string of the molecule is CON=C(C(=O)NC1C(=O)N(CC(=O)O)C1C)c1ccco1. The van der Waals surface area contributed by atoms with Gasteiger partial charge < -0.3 is 24.6 Å². The molecule has 2 unspecified atom stereocenters. The highest BCUT2D eigenvalue weighted by Gasteiger charge is 2.46. The van der Waals surface area contributed by atoms with E-state index in [0.29, 0.717) is 0 Å². The average molecular weight is 309 g/mol. The molecule has 2 atom stereocenters. The average Bonchev–Trinajstić information content (AvgIpc) is 3.01. The fourth-order valence-electron chi connectivity index (χ4n) is 2.15. The molecule has 1 fully saturated rings. The number of nitrogens with zero attached hydrogens (tertiary/aromatic N) is 2. The quantitative estimate of drug-likeness (QED) is 0.412. The third-order valence-corrected chi connectivity index (χ3v) is 3.27. The standard InChI is InChI=1S/C13H15N3O6/c1-7-10(13(20)16(7)6-9(17)18)14-12(19)11(15-21-2)8-4-3-5-22-8/h3-5,7,10H,6H2,1-2H3,(H,14,19)(H,17,18). The number of furan rings is 1. The number of carboxylic acids is 1. The van der Waals surface area contributed by atoms with Crippen LogP contribution in [0.5, 0.6) is 0 Å². The monoisotopic (exact) mass is 309 g/mol. The molecule has 2 N–H and O–H groups in total. The number of carbonyl (C=O) groups is 3. The zero-order valence-corrected chi connectivity index (χ0v) is 12.0. The molecule has 0 spiro atoms. The molecule has 22 heavy (non-hydrogen) atoms. The van der Waals surface area contributed by atoms with Crippen LogP contribution >= 0.6 is 0 Å². The Morgan fingerprint density at radius 2 is 2.27 bits per heavy atom. The molecular weight excluding hydrogens is 294 g/mol. The van der Waals surface area contributed by atoms with Crippen LogP contribution in [-0.2, 0) is 19.2 Å². The summed E-state index contributed by atoms with van der Waals surface area (Å²) in [5, 5.41) is 14.8. The van der Waals surface area contributed by atoms with Crippen molar-refractivity contribution in [3.8, 4) is 0 Å². The Balaban J connectivity index is 2.04.